The molecule has 1 fully saturated rings. The third-order valence-electron chi connectivity index (χ3n) is 3.43. The van der Waals surface area contributed by atoms with Gasteiger partial charge in [-0.05, 0) is 50.0 Å². The van der Waals surface area contributed by atoms with E-state index in [0.717, 1.165) is 25.9 Å². The van der Waals surface area contributed by atoms with Crippen LogP contribution in [0.5, 0.6) is 5.75 Å². The fourth-order valence-electron chi connectivity index (χ4n) is 2.37. The van der Waals surface area contributed by atoms with Crippen LogP contribution in [-0.4, -0.2) is 26.0 Å². The number of carbonyl (C=O) groups is 1. The molecule has 0 amide bonds. The Morgan fingerprint density at radius 3 is 3.06 bits per heavy atom. The molecule has 1 saturated heterocycles. The Morgan fingerprint density at radius 1 is 1.56 bits per heavy atom. The molecule has 18 heavy (non-hydrogen) atoms. The predicted octanol–water partition coefficient (Wildman–Crippen LogP) is 1.85. The molecule has 1 aliphatic rings. The van der Waals surface area contributed by atoms with E-state index in [1.54, 1.807) is 25.3 Å². The lowest BCUT2D eigenvalue weighted by molar-refractivity contribution is 0.0954. The van der Waals surface area contributed by atoms with Crippen molar-refractivity contribution >= 4 is 11.5 Å². The maximum Gasteiger partial charge on any atom is 0.165 e. The molecule has 1 aromatic rings. The number of hydrogen-bond acceptors (Lipinski definition) is 4. The standard InChI is InChI=1S/C14H20N2O2/c1-18-11-4-5-13(15)12(8-11)14(17)7-10-3-2-6-16-9-10/h4-5,8,10,16H,2-3,6-7,9,15H2,1H3. The molecule has 0 spiro atoms. The first kappa shape index (κ1) is 12.9. The molecule has 0 aliphatic carbocycles. The molecule has 1 aromatic carbocycles. The minimum Gasteiger partial charge on any atom is -0.497 e. The number of nitrogens with two attached hydrogens (primary N) is 1. The lowest BCUT2D eigenvalue weighted by Crippen LogP contribution is -2.31. The Bertz CT molecular complexity index is 426. The van der Waals surface area contributed by atoms with Crippen molar-refractivity contribution in [1.29, 1.82) is 0 Å². The maximum atomic E-state index is 12.2. The molecule has 4 heteroatoms. The van der Waals surface area contributed by atoms with Crippen LogP contribution >= 0.6 is 0 Å². The SMILES string of the molecule is COc1ccc(N)c(C(=O)CC2CCCNC2)c1. The Hall–Kier alpha value is -1.55. The number of rotatable bonds is 4. The smallest absolute Gasteiger partial charge is 0.165 e. The van der Waals surface area contributed by atoms with Gasteiger partial charge in [0.2, 0.25) is 0 Å². The molecular formula is C14H20N2O2. The van der Waals surface area contributed by atoms with Gasteiger partial charge in [0.25, 0.3) is 0 Å². The number of methoxy groups -OCH3 is 1. The molecule has 1 atom stereocenters. The Labute approximate surface area is 108 Å². The highest BCUT2D eigenvalue weighted by Gasteiger charge is 2.19. The average molecular weight is 248 g/mol. The predicted molar refractivity (Wildman–Crippen MR) is 71.9 cm³/mol. The van der Waals surface area contributed by atoms with Gasteiger partial charge in [0.1, 0.15) is 5.75 Å². The van der Waals surface area contributed by atoms with Crippen molar-refractivity contribution in [3.8, 4) is 5.75 Å². The van der Waals surface area contributed by atoms with Gasteiger partial charge in [-0.3, -0.25) is 4.79 Å². The monoisotopic (exact) mass is 248 g/mol. The Balaban J connectivity index is 2.07. The zero-order valence-corrected chi connectivity index (χ0v) is 10.7. The first-order chi connectivity index (χ1) is 8.70. The highest BCUT2D eigenvalue weighted by molar-refractivity contribution is 6.01. The van der Waals surface area contributed by atoms with E-state index in [4.69, 9.17) is 10.5 Å². The van der Waals surface area contributed by atoms with E-state index in [-0.39, 0.29) is 5.78 Å². The number of hydrogen-bond donors (Lipinski definition) is 2. The number of Topliss-reactive ketones (excluding diaryl/α,β-unsaturated/α-hetero) is 1. The van der Waals surface area contributed by atoms with Crippen LogP contribution in [0.4, 0.5) is 5.69 Å². The van der Waals surface area contributed by atoms with E-state index in [1.165, 1.54) is 0 Å². The highest BCUT2D eigenvalue weighted by Crippen LogP contribution is 2.24. The van der Waals surface area contributed by atoms with Crippen LogP contribution in [0.15, 0.2) is 18.2 Å². The summed E-state index contributed by atoms with van der Waals surface area (Å²) in [7, 11) is 1.59. The quantitative estimate of drug-likeness (QED) is 0.630. The average Bonchev–Trinajstić information content (AvgIpc) is 2.40. The molecule has 1 aliphatic heterocycles. The summed E-state index contributed by atoms with van der Waals surface area (Å²) >= 11 is 0. The summed E-state index contributed by atoms with van der Waals surface area (Å²) in [6, 6.07) is 5.23. The zero-order valence-electron chi connectivity index (χ0n) is 10.7. The molecule has 2 rings (SSSR count). The van der Waals surface area contributed by atoms with Crippen LogP contribution in [0.1, 0.15) is 29.6 Å². The molecule has 1 heterocycles. The first-order valence-electron chi connectivity index (χ1n) is 6.38. The van der Waals surface area contributed by atoms with Crippen LogP contribution in [0.2, 0.25) is 0 Å². The number of nitrogens with one attached hydrogen (secondary N) is 1. The van der Waals surface area contributed by atoms with Gasteiger partial charge in [-0.15, -0.1) is 0 Å². The number of benzene rings is 1. The molecule has 0 radical (unpaired) electrons. The molecule has 0 aromatic heterocycles. The number of carbonyl (C=O) groups excluding carboxylic acids is 1. The minimum atomic E-state index is 0.111. The van der Waals surface area contributed by atoms with Crippen LogP contribution in [0.3, 0.4) is 0 Å². The Morgan fingerprint density at radius 2 is 2.39 bits per heavy atom. The first-order valence-corrected chi connectivity index (χ1v) is 6.38. The van der Waals surface area contributed by atoms with E-state index in [1.807, 2.05) is 0 Å². The summed E-state index contributed by atoms with van der Waals surface area (Å²) in [5.41, 5.74) is 6.97. The third kappa shape index (κ3) is 3.01. The number of piperidine rings is 1. The van der Waals surface area contributed by atoms with Gasteiger partial charge in [0, 0.05) is 17.7 Å². The van der Waals surface area contributed by atoms with E-state index in [9.17, 15) is 4.79 Å². The van der Waals surface area contributed by atoms with Crippen molar-refractivity contribution in [3.63, 3.8) is 0 Å². The second-order valence-corrected chi connectivity index (χ2v) is 4.79. The molecule has 0 bridgehead atoms. The van der Waals surface area contributed by atoms with Crippen LogP contribution in [0.25, 0.3) is 0 Å². The summed E-state index contributed by atoms with van der Waals surface area (Å²) in [6.45, 7) is 1.99. The highest BCUT2D eigenvalue weighted by atomic mass is 16.5. The topological polar surface area (TPSA) is 64.3 Å². The molecule has 98 valence electrons. The van der Waals surface area contributed by atoms with Crippen LogP contribution in [0, 0.1) is 5.92 Å². The fourth-order valence-corrected chi connectivity index (χ4v) is 2.37. The number of nitrogen functional groups attached to an aromatic ring is 1. The minimum absolute atomic E-state index is 0.111. The summed E-state index contributed by atoms with van der Waals surface area (Å²) in [5.74, 6) is 1.21. The van der Waals surface area contributed by atoms with Gasteiger partial charge in [0.15, 0.2) is 5.78 Å². The van der Waals surface area contributed by atoms with Crippen molar-refractivity contribution in [2.45, 2.75) is 19.3 Å². The van der Waals surface area contributed by atoms with Gasteiger partial charge >= 0.3 is 0 Å². The van der Waals surface area contributed by atoms with Crippen LogP contribution in [-0.2, 0) is 0 Å². The lowest BCUT2D eigenvalue weighted by atomic mass is 9.91. The summed E-state index contributed by atoms with van der Waals surface area (Å²) in [6.07, 6.45) is 2.82. The second-order valence-electron chi connectivity index (χ2n) is 4.79. The molecule has 4 nitrogen and oxygen atoms in total. The number of ketones is 1. The lowest BCUT2D eigenvalue weighted by Gasteiger charge is -2.22. The van der Waals surface area contributed by atoms with Crippen molar-refractivity contribution < 1.29 is 9.53 Å². The van der Waals surface area contributed by atoms with E-state index >= 15 is 0 Å². The summed E-state index contributed by atoms with van der Waals surface area (Å²) < 4.78 is 5.13. The fraction of sp³-hybridized carbons (Fsp3) is 0.500. The maximum absolute atomic E-state index is 12.2. The van der Waals surface area contributed by atoms with Gasteiger partial charge < -0.3 is 15.8 Å². The van der Waals surface area contributed by atoms with Crippen molar-refractivity contribution in [1.82, 2.24) is 5.32 Å². The zero-order chi connectivity index (χ0) is 13.0. The molecule has 3 N–H and O–H groups in total. The van der Waals surface area contributed by atoms with E-state index in [2.05, 4.69) is 5.32 Å². The van der Waals surface area contributed by atoms with Crippen molar-refractivity contribution in [2.24, 2.45) is 5.92 Å². The normalized spacial score (nSPS) is 19.5. The van der Waals surface area contributed by atoms with E-state index in [0.29, 0.717) is 29.3 Å². The summed E-state index contributed by atoms with van der Waals surface area (Å²) in [5, 5.41) is 3.32. The van der Waals surface area contributed by atoms with Gasteiger partial charge in [-0.1, -0.05) is 0 Å². The second kappa shape index (κ2) is 5.87. The van der Waals surface area contributed by atoms with E-state index < -0.39 is 0 Å². The third-order valence-corrected chi connectivity index (χ3v) is 3.43. The largest absolute Gasteiger partial charge is 0.497 e. The molecular weight excluding hydrogens is 228 g/mol. The van der Waals surface area contributed by atoms with Gasteiger partial charge in [0.05, 0.1) is 7.11 Å². The molecule has 1 unspecified atom stereocenters. The van der Waals surface area contributed by atoms with Crippen molar-refractivity contribution in [3.05, 3.63) is 23.8 Å². The van der Waals surface area contributed by atoms with Crippen molar-refractivity contribution in [2.75, 3.05) is 25.9 Å². The Kier molecular flexibility index (Phi) is 4.20. The molecule has 0 saturated carbocycles. The number of anilines is 1. The summed E-state index contributed by atoms with van der Waals surface area (Å²) in [4.78, 5) is 12.2. The van der Waals surface area contributed by atoms with Gasteiger partial charge in [-0.2, -0.15) is 0 Å². The number of ether oxygens (including phenoxy) is 1. The van der Waals surface area contributed by atoms with Gasteiger partial charge in [-0.25, -0.2) is 0 Å². The van der Waals surface area contributed by atoms with Crippen LogP contribution < -0.4 is 15.8 Å².